The maximum Gasteiger partial charge on any atom is 0.352 e. The van der Waals surface area contributed by atoms with Gasteiger partial charge in [0, 0.05) is 12.4 Å². The molecule has 0 aliphatic rings. The topological polar surface area (TPSA) is 112 Å². The number of H-pyrrole nitrogens is 1. The number of carboxylic acids is 1. The summed E-state index contributed by atoms with van der Waals surface area (Å²) in [6.07, 6.45) is 2.50. The highest BCUT2D eigenvalue weighted by atomic mass is 35.5. The molecule has 0 bridgehead atoms. The van der Waals surface area contributed by atoms with Crippen molar-refractivity contribution < 1.29 is 18.3 Å². The first-order valence-corrected chi connectivity index (χ1v) is 6.81. The minimum absolute atomic E-state index is 0.0000637. The number of halogens is 1. The van der Waals surface area contributed by atoms with E-state index in [1.807, 2.05) is 0 Å². The van der Waals surface area contributed by atoms with Crippen molar-refractivity contribution in [2.45, 2.75) is 4.90 Å². The van der Waals surface area contributed by atoms with Gasteiger partial charge in [0.25, 0.3) is 10.0 Å². The Bertz CT molecular complexity index is 726. The van der Waals surface area contributed by atoms with Gasteiger partial charge in [0.05, 0.1) is 5.69 Å². The third-order valence-electron chi connectivity index (χ3n) is 2.20. The Labute approximate surface area is 113 Å². The normalized spacial score (nSPS) is 11.2. The Hall–Kier alpha value is -2.06. The fourth-order valence-corrected chi connectivity index (χ4v) is 2.60. The van der Waals surface area contributed by atoms with E-state index >= 15 is 0 Å². The standard InChI is InChI=1S/C10H8ClN3O4S/c11-9-7(2-1-3-12-9)14-19(17,18)6-4-8(10(15)16)13-5-6/h1-5,13-14H,(H,15,16). The van der Waals surface area contributed by atoms with Crippen LogP contribution in [-0.2, 0) is 10.0 Å². The predicted octanol–water partition coefficient (Wildman–Crippen LogP) is 1.56. The molecule has 0 aliphatic heterocycles. The first kappa shape index (κ1) is 13.4. The van der Waals surface area contributed by atoms with E-state index < -0.39 is 16.0 Å². The summed E-state index contributed by atoms with van der Waals surface area (Å²) in [5.41, 5.74) is -0.111. The molecule has 0 amide bonds. The summed E-state index contributed by atoms with van der Waals surface area (Å²) in [5, 5.41) is 8.72. The zero-order chi connectivity index (χ0) is 14.0. The molecule has 7 nitrogen and oxygen atoms in total. The molecule has 0 radical (unpaired) electrons. The molecular formula is C10H8ClN3O4S. The van der Waals surface area contributed by atoms with E-state index in [1.165, 1.54) is 18.3 Å². The Kier molecular flexibility index (Phi) is 3.45. The average molecular weight is 302 g/mol. The minimum Gasteiger partial charge on any atom is -0.477 e. The number of rotatable bonds is 4. The summed E-state index contributed by atoms with van der Waals surface area (Å²) in [6, 6.07) is 3.97. The van der Waals surface area contributed by atoms with Crippen LogP contribution in [0.2, 0.25) is 5.15 Å². The van der Waals surface area contributed by atoms with Gasteiger partial charge in [0.15, 0.2) is 5.15 Å². The van der Waals surface area contributed by atoms with Crippen molar-refractivity contribution in [3.05, 3.63) is 41.4 Å². The number of aromatic carboxylic acids is 1. The average Bonchev–Trinajstić information content (AvgIpc) is 2.82. The number of aromatic amines is 1. The zero-order valence-electron chi connectivity index (χ0n) is 9.29. The molecule has 0 fully saturated rings. The van der Waals surface area contributed by atoms with Crippen molar-refractivity contribution in [3.8, 4) is 0 Å². The molecule has 0 saturated heterocycles. The first-order chi connectivity index (χ1) is 8.90. The van der Waals surface area contributed by atoms with E-state index in [0.29, 0.717) is 0 Å². The smallest absolute Gasteiger partial charge is 0.352 e. The van der Waals surface area contributed by atoms with Crippen LogP contribution in [0.25, 0.3) is 0 Å². The minimum atomic E-state index is -3.92. The SMILES string of the molecule is O=C(O)c1cc(S(=O)(=O)Nc2cccnc2Cl)c[nH]1. The zero-order valence-corrected chi connectivity index (χ0v) is 10.9. The fraction of sp³-hybridized carbons (Fsp3) is 0. The van der Waals surface area contributed by atoms with Crippen LogP contribution in [0.15, 0.2) is 35.5 Å². The number of aromatic nitrogens is 2. The van der Waals surface area contributed by atoms with E-state index in [9.17, 15) is 13.2 Å². The number of anilines is 1. The van der Waals surface area contributed by atoms with Crippen LogP contribution in [0.5, 0.6) is 0 Å². The molecule has 2 aromatic rings. The van der Waals surface area contributed by atoms with Crippen LogP contribution in [0, 0.1) is 0 Å². The summed E-state index contributed by atoms with van der Waals surface area (Å²) in [5.74, 6) is -1.25. The molecule has 2 aromatic heterocycles. The summed E-state index contributed by atoms with van der Waals surface area (Å²) in [6.45, 7) is 0. The molecule has 0 aliphatic carbocycles. The Morgan fingerprint density at radius 1 is 1.47 bits per heavy atom. The van der Waals surface area contributed by atoms with Gasteiger partial charge < -0.3 is 10.1 Å². The second kappa shape index (κ2) is 4.90. The predicted molar refractivity (Wildman–Crippen MR) is 67.8 cm³/mol. The Balaban J connectivity index is 2.32. The molecule has 3 N–H and O–H groups in total. The van der Waals surface area contributed by atoms with E-state index in [1.54, 1.807) is 0 Å². The second-order valence-corrected chi connectivity index (χ2v) is 5.54. The molecule has 0 atom stereocenters. The van der Waals surface area contributed by atoms with Gasteiger partial charge in [-0.1, -0.05) is 11.6 Å². The molecule has 100 valence electrons. The van der Waals surface area contributed by atoms with Gasteiger partial charge >= 0.3 is 5.97 Å². The highest BCUT2D eigenvalue weighted by molar-refractivity contribution is 7.92. The number of pyridine rings is 1. The number of hydrogen-bond donors (Lipinski definition) is 3. The van der Waals surface area contributed by atoms with Crippen LogP contribution in [0.3, 0.4) is 0 Å². The quantitative estimate of drug-likeness (QED) is 0.742. The second-order valence-electron chi connectivity index (χ2n) is 3.50. The summed E-state index contributed by atoms with van der Waals surface area (Å²) < 4.78 is 26.2. The number of nitrogens with zero attached hydrogens (tertiary/aromatic N) is 1. The molecule has 0 aromatic carbocycles. The lowest BCUT2D eigenvalue weighted by atomic mass is 10.4. The van der Waals surface area contributed by atoms with Gasteiger partial charge in [-0.05, 0) is 18.2 Å². The molecule has 0 spiro atoms. The van der Waals surface area contributed by atoms with Crippen molar-refractivity contribution in [1.82, 2.24) is 9.97 Å². The largest absolute Gasteiger partial charge is 0.477 e. The lowest BCUT2D eigenvalue weighted by molar-refractivity contribution is 0.0691. The summed E-state index contributed by atoms with van der Waals surface area (Å²) >= 11 is 5.73. The van der Waals surface area contributed by atoms with Crippen LogP contribution in [0.4, 0.5) is 5.69 Å². The monoisotopic (exact) mass is 301 g/mol. The number of carboxylic acid groups (broad SMARTS) is 1. The van der Waals surface area contributed by atoms with Crippen molar-refractivity contribution >= 4 is 33.3 Å². The van der Waals surface area contributed by atoms with E-state index in [4.69, 9.17) is 16.7 Å². The number of hydrogen-bond acceptors (Lipinski definition) is 4. The van der Waals surface area contributed by atoms with Crippen LogP contribution in [-0.4, -0.2) is 29.5 Å². The highest BCUT2D eigenvalue weighted by Crippen LogP contribution is 2.22. The van der Waals surface area contributed by atoms with Crippen molar-refractivity contribution in [2.24, 2.45) is 0 Å². The van der Waals surface area contributed by atoms with E-state index in [2.05, 4.69) is 14.7 Å². The Morgan fingerprint density at radius 2 is 2.21 bits per heavy atom. The maximum absolute atomic E-state index is 12.0. The first-order valence-electron chi connectivity index (χ1n) is 4.95. The van der Waals surface area contributed by atoms with Crippen LogP contribution < -0.4 is 4.72 Å². The van der Waals surface area contributed by atoms with E-state index in [0.717, 1.165) is 12.3 Å². The lowest BCUT2D eigenvalue weighted by Gasteiger charge is -2.06. The number of nitrogens with one attached hydrogen (secondary N) is 2. The molecular weight excluding hydrogens is 294 g/mol. The molecule has 0 unspecified atom stereocenters. The van der Waals surface area contributed by atoms with Gasteiger partial charge in [-0.2, -0.15) is 0 Å². The fourth-order valence-electron chi connectivity index (χ4n) is 1.32. The third-order valence-corrected chi connectivity index (χ3v) is 3.85. The van der Waals surface area contributed by atoms with Crippen LogP contribution >= 0.6 is 11.6 Å². The molecule has 2 rings (SSSR count). The van der Waals surface area contributed by atoms with Gasteiger partial charge in [-0.3, -0.25) is 4.72 Å². The van der Waals surface area contributed by atoms with Gasteiger partial charge in [0.1, 0.15) is 10.6 Å². The molecule has 9 heteroatoms. The van der Waals surface area contributed by atoms with Gasteiger partial charge in [-0.15, -0.1) is 0 Å². The summed E-state index contributed by atoms with van der Waals surface area (Å²) in [4.78, 5) is 16.5. The van der Waals surface area contributed by atoms with E-state index in [-0.39, 0.29) is 21.4 Å². The Morgan fingerprint density at radius 3 is 2.79 bits per heavy atom. The molecule has 0 saturated carbocycles. The van der Waals surface area contributed by atoms with Crippen molar-refractivity contribution in [3.63, 3.8) is 0 Å². The van der Waals surface area contributed by atoms with Crippen molar-refractivity contribution in [1.29, 1.82) is 0 Å². The molecule has 19 heavy (non-hydrogen) atoms. The highest BCUT2D eigenvalue weighted by Gasteiger charge is 2.19. The van der Waals surface area contributed by atoms with Crippen LogP contribution in [0.1, 0.15) is 10.5 Å². The third kappa shape index (κ3) is 2.85. The summed E-state index contributed by atoms with van der Waals surface area (Å²) in [7, 11) is -3.92. The number of sulfonamides is 1. The van der Waals surface area contributed by atoms with Gasteiger partial charge in [0.2, 0.25) is 0 Å². The maximum atomic E-state index is 12.0. The van der Waals surface area contributed by atoms with Gasteiger partial charge in [-0.25, -0.2) is 18.2 Å². The van der Waals surface area contributed by atoms with Crippen molar-refractivity contribution in [2.75, 3.05) is 4.72 Å². The molecule has 2 heterocycles. The number of carbonyl (C=O) groups is 1. The lowest BCUT2D eigenvalue weighted by Crippen LogP contribution is -2.12.